The molecule has 0 bridgehead atoms. The van der Waals surface area contributed by atoms with Crippen molar-refractivity contribution in [2.24, 2.45) is 0 Å². The summed E-state index contributed by atoms with van der Waals surface area (Å²) in [7, 11) is -4.19. The summed E-state index contributed by atoms with van der Waals surface area (Å²) in [6, 6.07) is 0. The van der Waals surface area contributed by atoms with E-state index in [4.69, 9.17) is 9.66 Å². The van der Waals surface area contributed by atoms with Crippen LogP contribution in [0, 0.1) is 0 Å². The molecule has 0 unspecified atom stereocenters. The third-order valence-electron chi connectivity index (χ3n) is 1.28. The van der Waals surface area contributed by atoms with E-state index in [-0.39, 0.29) is 6.42 Å². The molecule has 11 heavy (non-hydrogen) atoms. The van der Waals surface area contributed by atoms with Crippen LogP contribution >= 0.6 is 0 Å². The fourth-order valence-corrected chi connectivity index (χ4v) is 1.43. The van der Waals surface area contributed by atoms with Gasteiger partial charge in [-0.05, 0) is 6.42 Å². The van der Waals surface area contributed by atoms with E-state index in [0.717, 1.165) is 0 Å². The Kier molecular flexibility index (Phi) is 3.47. The molecule has 5 nitrogen and oxygen atoms in total. The highest BCUT2D eigenvalue weighted by atomic mass is 32.2. The molecule has 0 aromatic rings. The van der Waals surface area contributed by atoms with Crippen LogP contribution in [0.25, 0.3) is 0 Å². The second-order valence-corrected chi connectivity index (χ2v) is 3.84. The maximum atomic E-state index is 10.4. The van der Waals surface area contributed by atoms with Gasteiger partial charge in [0.15, 0.2) is 0 Å². The first-order valence-electron chi connectivity index (χ1n) is 3.06. The number of carboxylic acid groups (broad SMARTS) is 1. The second-order valence-electron chi connectivity index (χ2n) is 2.14. The average Bonchev–Trinajstić information content (AvgIpc) is 1.79. The van der Waals surface area contributed by atoms with E-state index in [1.807, 2.05) is 0 Å². The van der Waals surface area contributed by atoms with E-state index in [1.165, 1.54) is 6.92 Å². The van der Waals surface area contributed by atoms with Gasteiger partial charge in [0.05, 0.1) is 11.7 Å². The molecule has 2 N–H and O–H groups in total. The molecule has 0 radical (unpaired) electrons. The van der Waals surface area contributed by atoms with Crippen LogP contribution < -0.4 is 0 Å². The van der Waals surface area contributed by atoms with Gasteiger partial charge >= 0.3 is 5.97 Å². The molecule has 0 aromatic carbocycles. The van der Waals surface area contributed by atoms with Gasteiger partial charge in [-0.25, -0.2) is 0 Å². The Balaban J connectivity index is 4.31. The quantitative estimate of drug-likeness (QED) is 0.603. The Morgan fingerprint density at radius 3 is 2.09 bits per heavy atom. The normalized spacial score (nSPS) is 14.4. The summed E-state index contributed by atoms with van der Waals surface area (Å²) in [4.78, 5) is 10.0. The fraction of sp³-hybridized carbons (Fsp3) is 0.800. The first-order chi connectivity index (χ1) is 4.88. The summed E-state index contributed by atoms with van der Waals surface area (Å²) >= 11 is 0. The molecule has 0 saturated heterocycles. The number of hydrogen-bond acceptors (Lipinski definition) is 3. The van der Waals surface area contributed by atoms with Crippen LogP contribution in [-0.2, 0) is 14.9 Å². The maximum absolute atomic E-state index is 10.4. The van der Waals surface area contributed by atoms with Crippen LogP contribution in [0.15, 0.2) is 0 Å². The highest BCUT2D eigenvalue weighted by Crippen LogP contribution is 2.07. The lowest BCUT2D eigenvalue weighted by Gasteiger charge is -2.06. The van der Waals surface area contributed by atoms with Crippen LogP contribution in [0.3, 0.4) is 0 Å². The Hall–Kier alpha value is -0.620. The van der Waals surface area contributed by atoms with Crippen molar-refractivity contribution < 1.29 is 22.9 Å². The first kappa shape index (κ1) is 10.4. The van der Waals surface area contributed by atoms with Gasteiger partial charge in [-0.3, -0.25) is 9.35 Å². The molecule has 0 aromatic heterocycles. The Bertz CT molecular complexity index is 229. The Morgan fingerprint density at radius 2 is 2.00 bits per heavy atom. The molecular formula is C5H10O5S. The molecule has 0 aliphatic heterocycles. The zero-order valence-corrected chi connectivity index (χ0v) is 6.84. The monoisotopic (exact) mass is 182 g/mol. The number of carboxylic acids is 1. The lowest BCUT2D eigenvalue weighted by atomic mass is 10.2. The lowest BCUT2D eigenvalue weighted by molar-refractivity contribution is -0.137. The van der Waals surface area contributed by atoms with E-state index in [2.05, 4.69) is 0 Å². The van der Waals surface area contributed by atoms with Gasteiger partial charge in [0, 0.05) is 0 Å². The lowest BCUT2D eigenvalue weighted by Crippen LogP contribution is -2.22. The molecule has 0 amide bonds. The summed E-state index contributed by atoms with van der Waals surface area (Å²) in [5.41, 5.74) is 0. The molecule has 0 spiro atoms. The fourth-order valence-electron chi connectivity index (χ4n) is 0.655. The van der Waals surface area contributed by atoms with Crippen LogP contribution in [0.2, 0.25) is 0 Å². The zero-order valence-electron chi connectivity index (χ0n) is 6.02. The topological polar surface area (TPSA) is 91.7 Å². The van der Waals surface area contributed by atoms with Gasteiger partial charge in [0.1, 0.15) is 0 Å². The minimum Gasteiger partial charge on any atom is -0.481 e. The number of aliphatic carboxylic acids is 1. The third-order valence-corrected chi connectivity index (χ3v) is 2.62. The van der Waals surface area contributed by atoms with Crippen LogP contribution in [0.5, 0.6) is 0 Å². The zero-order chi connectivity index (χ0) is 9.07. The van der Waals surface area contributed by atoms with Gasteiger partial charge in [0.2, 0.25) is 0 Å². The minimum atomic E-state index is -4.19. The van der Waals surface area contributed by atoms with Crippen LogP contribution in [-0.4, -0.2) is 29.3 Å². The van der Waals surface area contributed by atoms with Crippen molar-refractivity contribution in [3.63, 3.8) is 0 Å². The molecule has 0 saturated carbocycles. The predicted octanol–water partition coefficient (Wildman–Crippen LogP) is 0.128. The summed E-state index contributed by atoms with van der Waals surface area (Å²) in [5, 5.41) is 7.02. The molecule has 0 rings (SSSR count). The van der Waals surface area contributed by atoms with Crippen molar-refractivity contribution in [2.45, 2.75) is 25.0 Å². The van der Waals surface area contributed by atoms with Gasteiger partial charge in [-0.15, -0.1) is 0 Å². The van der Waals surface area contributed by atoms with Crippen molar-refractivity contribution in [3.8, 4) is 0 Å². The van der Waals surface area contributed by atoms with E-state index in [9.17, 15) is 13.2 Å². The molecule has 66 valence electrons. The van der Waals surface area contributed by atoms with Gasteiger partial charge in [-0.2, -0.15) is 8.42 Å². The standard InChI is InChI=1S/C5H10O5S/c1-2-4(3-5(6)7)11(8,9)10/h4H,2-3H2,1H3,(H,6,7)(H,8,9,10)/t4-/m1/s1. The highest BCUT2D eigenvalue weighted by molar-refractivity contribution is 7.86. The molecule has 0 aliphatic carbocycles. The molecule has 6 heteroatoms. The van der Waals surface area contributed by atoms with Crippen molar-refractivity contribution >= 4 is 16.1 Å². The average molecular weight is 182 g/mol. The molecule has 0 heterocycles. The summed E-state index contributed by atoms with van der Waals surface area (Å²) in [5.74, 6) is -1.23. The maximum Gasteiger partial charge on any atom is 0.304 e. The van der Waals surface area contributed by atoms with Crippen LogP contribution in [0.4, 0.5) is 0 Å². The van der Waals surface area contributed by atoms with E-state index >= 15 is 0 Å². The van der Waals surface area contributed by atoms with E-state index < -0.39 is 27.8 Å². The predicted molar refractivity (Wildman–Crippen MR) is 37.9 cm³/mol. The Labute approximate surface area is 64.8 Å². The smallest absolute Gasteiger partial charge is 0.304 e. The largest absolute Gasteiger partial charge is 0.481 e. The van der Waals surface area contributed by atoms with Crippen molar-refractivity contribution in [2.75, 3.05) is 0 Å². The summed E-state index contributed by atoms with van der Waals surface area (Å²) in [6.45, 7) is 1.50. The first-order valence-corrected chi connectivity index (χ1v) is 4.56. The number of rotatable bonds is 4. The highest BCUT2D eigenvalue weighted by Gasteiger charge is 2.23. The summed E-state index contributed by atoms with van der Waals surface area (Å²) in [6.07, 6.45) is -0.444. The minimum absolute atomic E-state index is 0.102. The number of hydrogen-bond donors (Lipinski definition) is 2. The van der Waals surface area contributed by atoms with Gasteiger partial charge < -0.3 is 5.11 Å². The molecule has 0 fully saturated rings. The van der Waals surface area contributed by atoms with Crippen molar-refractivity contribution in [1.29, 1.82) is 0 Å². The van der Waals surface area contributed by atoms with E-state index in [1.54, 1.807) is 0 Å². The SMILES string of the molecule is CC[C@H](CC(=O)O)S(=O)(=O)O. The van der Waals surface area contributed by atoms with Gasteiger partial charge in [-0.1, -0.05) is 6.92 Å². The molecule has 1 atom stereocenters. The Morgan fingerprint density at radius 1 is 1.55 bits per heavy atom. The van der Waals surface area contributed by atoms with Crippen molar-refractivity contribution in [1.82, 2.24) is 0 Å². The number of carbonyl (C=O) groups is 1. The van der Waals surface area contributed by atoms with Gasteiger partial charge in [0.25, 0.3) is 10.1 Å². The van der Waals surface area contributed by atoms with Crippen molar-refractivity contribution in [3.05, 3.63) is 0 Å². The summed E-state index contributed by atoms with van der Waals surface area (Å²) < 4.78 is 29.2. The molecule has 0 aliphatic rings. The molecular weight excluding hydrogens is 172 g/mol. The van der Waals surface area contributed by atoms with E-state index in [0.29, 0.717) is 0 Å². The van der Waals surface area contributed by atoms with Crippen LogP contribution in [0.1, 0.15) is 19.8 Å². The third kappa shape index (κ3) is 3.94. The second kappa shape index (κ2) is 3.68.